The van der Waals surface area contributed by atoms with E-state index in [-0.39, 0.29) is 0 Å². The van der Waals surface area contributed by atoms with Crippen LogP contribution in [0.2, 0.25) is 0 Å². The van der Waals surface area contributed by atoms with Crippen LogP contribution in [0.3, 0.4) is 0 Å². The number of benzene rings is 1. The normalized spacial score (nSPS) is 12.7. The third-order valence-electron chi connectivity index (χ3n) is 2.58. The highest BCUT2D eigenvalue weighted by molar-refractivity contribution is 5.63. The largest absolute Gasteiger partial charge is 0.389 e. The number of aliphatic hydroxyl groups excluding tert-OH is 1. The maximum atomic E-state index is 9.50. The minimum atomic E-state index is -0.471. The summed E-state index contributed by atoms with van der Waals surface area (Å²) in [7, 11) is 1.80. The van der Waals surface area contributed by atoms with Gasteiger partial charge in [-0.05, 0) is 18.6 Å². The van der Waals surface area contributed by atoms with Gasteiger partial charge in [-0.25, -0.2) is 0 Å². The molecule has 84 valence electrons. The van der Waals surface area contributed by atoms with Gasteiger partial charge in [0.25, 0.3) is 0 Å². The Kier molecular flexibility index (Phi) is 2.66. The molecule has 0 aliphatic carbocycles. The highest BCUT2D eigenvalue weighted by atomic mass is 16.3. The lowest BCUT2D eigenvalue weighted by atomic mass is 10.1. The van der Waals surface area contributed by atoms with Crippen LogP contribution in [0.4, 0.5) is 5.82 Å². The van der Waals surface area contributed by atoms with Gasteiger partial charge >= 0.3 is 0 Å². The van der Waals surface area contributed by atoms with Crippen molar-refractivity contribution in [2.24, 2.45) is 7.05 Å². The zero-order valence-corrected chi connectivity index (χ0v) is 9.38. The Morgan fingerprint density at radius 3 is 2.69 bits per heavy atom. The Balaban J connectivity index is 2.44. The van der Waals surface area contributed by atoms with Crippen LogP contribution in [-0.2, 0) is 7.05 Å². The van der Waals surface area contributed by atoms with Crippen molar-refractivity contribution in [3.63, 3.8) is 0 Å². The summed E-state index contributed by atoms with van der Waals surface area (Å²) in [6, 6.07) is 9.49. The number of nitrogen functional groups attached to an aromatic ring is 1. The molecule has 1 aromatic carbocycles. The van der Waals surface area contributed by atoms with Gasteiger partial charge < -0.3 is 10.8 Å². The topological polar surface area (TPSA) is 64.1 Å². The van der Waals surface area contributed by atoms with Crippen LogP contribution in [0, 0.1) is 0 Å². The first-order valence-corrected chi connectivity index (χ1v) is 5.16. The predicted octanol–water partition coefficient (Wildman–Crippen LogP) is 1.72. The summed E-state index contributed by atoms with van der Waals surface area (Å²) in [6.45, 7) is 1.74. The summed E-state index contributed by atoms with van der Waals surface area (Å²) in [5.74, 6) is 0.623. The molecule has 4 nitrogen and oxygen atoms in total. The number of nitrogens with zero attached hydrogens (tertiary/aromatic N) is 2. The molecule has 0 aliphatic rings. The number of hydrogen-bond donors (Lipinski definition) is 2. The average Bonchev–Trinajstić information content (AvgIpc) is 2.59. The molecule has 16 heavy (non-hydrogen) atoms. The first kappa shape index (κ1) is 10.7. The van der Waals surface area contributed by atoms with Crippen molar-refractivity contribution >= 4 is 5.82 Å². The molecule has 0 spiro atoms. The van der Waals surface area contributed by atoms with Gasteiger partial charge in [0.2, 0.25) is 0 Å². The molecule has 0 aliphatic heterocycles. The highest BCUT2D eigenvalue weighted by Crippen LogP contribution is 2.23. The number of aryl methyl sites for hydroxylation is 1. The standard InChI is InChI=1S/C12H15N3O/c1-8(16)9-4-3-5-10(6-9)11-7-12(13)15(2)14-11/h3-8,16H,13H2,1-2H3. The molecule has 2 aromatic rings. The van der Waals surface area contributed by atoms with E-state index in [2.05, 4.69) is 5.10 Å². The van der Waals surface area contributed by atoms with E-state index < -0.39 is 6.10 Å². The van der Waals surface area contributed by atoms with Crippen LogP contribution in [0.1, 0.15) is 18.6 Å². The number of rotatable bonds is 2. The van der Waals surface area contributed by atoms with E-state index >= 15 is 0 Å². The lowest BCUT2D eigenvalue weighted by Gasteiger charge is -2.05. The number of aromatic nitrogens is 2. The Bertz CT molecular complexity index is 483. The molecular weight excluding hydrogens is 202 g/mol. The molecule has 0 saturated carbocycles. The van der Waals surface area contributed by atoms with E-state index in [9.17, 15) is 5.11 Å². The summed E-state index contributed by atoms with van der Waals surface area (Å²) < 4.78 is 1.63. The third kappa shape index (κ3) is 1.92. The minimum absolute atomic E-state index is 0.471. The molecule has 1 heterocycles. The summed E-state index contributed by atoms with van der Waals surface area (Å²) in [5.41, 5.74) is 8.39. The number of anilines is 1. The van der Waals surface area contributed by atoms with Crippen molar-refractivity contribution in [2.75, 3.05) is 5.73 Å². The molecule has 2 rings (SSSR count). The number of nitrogens with two attached hydrogens (primary N) is 1. The van der Waals surface area contributed by atoms with Crippen molar-refractivity contribution in [3.05, 3.63) is 35.9 Å². The van der Waals surface area contributed by atoms with Crippen molar-refractivity contribution in [1.29, 1.82) is 0 Å². The zero-order valence-electron chi connectivity index (χ0n) is 9.38. The van der Waals surface area contributed by atoms with E-state index in [1.807, 2.05) is 30.3 Å². The molecule has 0 saturated heterocycles. The molecular formula is C12H15N3O. The molecule has 1 atom stereocenters. The number of aliphatic hydroxyl groups is 1. The maximum absolute atomic E-state index is 9.50. The fourth-order valence-electron chi connectivity index (χ4n) is 1.58. The van der Waals surface area contributed by atoms with Crippen molar-refractivity contribution in [2.45, 2.75) is 13.0 Å². The molecule has 3 N–H and O–H groups in total. The lowest BCUT2D eigenvalue weighted by molar-refractivity contribution is 0.199. The van der Waals surface area contributed by atoms with Crippen LogP contribution in [0.5, 0.6) is 0 Å². The second kappa shape index (κ2) is 3.98. The molecule has 1 unspecified atom stereocenters. The first-order valence-electron chi connectivity index (χ1n) is 5.16. The molecule has 1 aromatic heterocycles. The van der Waals surface area contributed by atoms with Crippen molar-refractivity contribution < 1.29 is 5.11 Å². The zero-order chi connectivity index (χ0) is 11.7. The van der Waals surface area contributed by atoms with E-state index in [1.54, 1.807) is 18.7 Å². The average molecular weight is 217 g/mol. The quantitative estimate of drug-likeness (QED) is 0.805. The number of hydrogen-bond acceptors (Lipinski definition) is 3. The van der Waals surface area contributed by atoms with Gasteiger partial charge in [-0.1, -0.05) is 18.2 Å². The van der Waals surface area contributed by atoms with Gasteiger partial charge in [0.15, 0.2) is 0 Å². The fourth-order valence-corrected chi connectivity index (χ4v) is 1.58. The van der Waals surface area contributed by atoms with E-state index in [0.717, 1.165) is 16.8 Å². The highest BCUT2D eigenvalue weighted by Gasteiger charge is 2.07. The van der Waals surface area contributed by atoms with Crippen LogP contribution < -0.4 is 5.73 Å². The minimum Gasteiger partial charge on any atom is -0.389 e. The Morgan fingerprint density at radius 1 is 1.38 bits per heavy atom. The molecule has 0 fully saturated rings. The smallest absolute Gasteiger partial charge is 0.121 e. The van der Waals surface area contributed by atoms with Crippen LogP contribution in [0.15, 0.2) is 30.3 Å². The molecule has 0 bridgehead atoms. The predicted molar refractivity (Wildman–Crippen MR) is 63.7 cm³/mol. The third-order valence-corrected chi connectivity index (χ3v) is 2.58. The Hall–Kier alpha value is -1.81. The first-order chi connectivity index (χ1) is 7.58. The second-order valence-electron chi connectivity index (χ2n) is 3.88. The van der Waals surface area contributed by atoms with Crippen LogP contribution in [-0.4, -0.2) is 14.9 Å². The Morgan fingerprint density at radius 2 is 2.12 bits per heavy atom. The molecule has 0 radical (unpaired) electrons. The van der Waals surface area contributed by atoms with E-state index in [0.29, 0.717) is 5.82 Å². The summed E-state index contributed by atoms with van der Waals surface area (Å²) in [5, 5.41) is 13.8. The Labute approximate surface area is 94.3 Å². The van der Waals surface area contributed by atoms with Crippen molar-refractivity contribution in [3.8, 4) is 11.3 Å². The van der Waals surface area contributed by atoms with Crippen LogP contribution in [0.25, 0.3) is 11.3 Å². The van der Waals surface area contributed by atoms with E-state index in [4.69, 9.17) is 5.73 Å². The van der Waals surface area contributed by atoms with Gasteiger partial charge in [-0.15, -0.1) is 0 Å². The second-order valence-corrected chi connectivity index (χ2v) is 3.88. The van der Waals surface area contributed by atoms with Gasteiger partial charge in [0.05, 0.1) is 11.8 Å². The van der Waals surface area contributed by atoms with Gasteiger partial charge in [0, 0.05) is 18.7 Å². The summed E-state index contributed by atoms with van der Waals surface area (Å²) in [6.07, 6.45) is -0.471. The maximum Gasteiger partial charge on any atom is 0.121 e. The molecule has 4 heteroatoms. The van der Waals surface area contributed by atoms with Gasteiger partial charge in [0.1, 0.15) is 5.82 Å². The SMILES string of the molecule is CC(O)c1cccc(-c2cc(N)n(C)n2)c1. The monoisotopic (exact) mass is 217 g/mol. The lowest BCUT2D eigenvalue weighted by Crippen LogP contribution is -1.96. The fraction of sp³-hybridized carbons (Fsp3) is 0.250. The summed E-state index contributed by atoms with van der Waals surface area (Å²) >= 11 is 0. The summed E-state index contributed by atoms with van der Waals surface area (Å²) in [4.78, 5) is 0. The van der Waals surface area contributed by atoms with Gasteiger partial charge in [-0.2, -0.15) is 5.10 Å². The van der Waals surface area contributed by atoms with Gasteiger partial charge in [-0.3, -0.25) is 4.68 Å². The molecule has 0 amide bonds. The van der Waals surface area contributed by atoms with E-state index in [1.165, 1.54) is 0 Å². The van der Waals surface area contributed by atoms with Crippen molar-refractivity contribution in [1.82, 2.24) is 9.78 Å². The van der Waals surface area contributed by atoms with Crippen LogP contribution >= 0.6 is 0 Å².